The highest BCUT2D eigenvalue weighted by molar-refractivity contribution is 7.87. The monoisotopic (exact) mass is 465 g/mol. The Balaban J connectivity index is 1.92. The van der Waals surface area contributed by atoms with Gasteiger partial charge in [0.05, 0.1) is 18.2 Å². The molecule has 174 valence electrons. The molecule has 3 rings (SSSR count). The van der Waals surface area contributed by atoms with E-state index in [1.165, 1.54) is 4.90 Å². The minimum Gasteiger partial charge on any atom is -0.444 e. The van der Waals surface area contributed by atoms with E-state index in [4.69, 9.17) is 9.47 Å². The average molecular weight is 465 g/mol. The molecule has 2 aliphatic heterocycles. The van der Waals surface area contributed by atoms with E-state index in [0.29, 0.717) is 24.9 Å². The van der Waals surface area contributed by atoms with Crippen molar-refractivity contribution in [2.45, 2.75) is 68.9 Å². The van der Waals surface area contributed by atoms with E-state index in [9.17, 15) is 26.4 Å². The molecule has 0 aromatic heterocycles. The highest BCUT2D eigenvalue weighted by Crippen LogP contribution is 2.49. The lowest BCUT2D eigenvalue weighted by Crippen LogP contribution is -2.53. The Hall–Kier alpha value is -1.85. The fourth-order valence-electron chi connectivity index (χ4n) is 4.16. The summed E-state index contributed by atoms with van der Waals surface area (Å²) in [5.74, 6) is 0. The van der Waals surface area contributed by atoms with Crippen LogP contribution >= 0.6 is 0 Å². The molecule has 31 heavy (non-hydrogen) atoms. The number of rotatable bonds is 3. The molecule has 3 atom stereocenters. The van der Waals surface area contributed by atoms with Crippen LogP contribution in [0, 0.1) is 0 Å². The van der Waals surface area contributed by atoms with Gasteiger partial charge in [-0.3, -0.25) is 9.08 Å². The van der Waals surface area contributed by atoms with Gasteiger partial charge in [0.15, 0.2) is 0 Å². The maximum Gasteiger partial charge on any atom is 0.523 e. The van der Waals surface area contributed by atoms with Crippen molar-refractivity contribution >= 4 is 16.2 Å². The van der Waals surface area contributed by atoms with E-state index in [-0.39, 0.29) is 13.0 Å². The number of benzene rings is 1. The van der Waals surface area contributed by atoms with E-state index in [1.807, 2.05) is 0 Å². The second kappa shape index (κ2) is 8.25. The molecule has 2 fully saturated rings. The number of halogens is 3. The Bertz CT molecular complexity index is 900. The number of carbonyl (C=O) groups excluding carboxylic acids is 1. The molecule has 1 amide bonds. The molecular formula is C20H26F3NO6S. The number of hydrogen-bond acceptors (Lipinski definition) is 6. The molecule has 7 nitrogen and oxygen atoms in total. The van der Waals surface area contributed by atoms with Crippen LogP contribution in [0.1, 0.15) is 51.6 Å². The van der Waals surface area contributed by atoms with E-state index in [0.717, 1.165) is 0 Å². The molecule has 0 unspecified atom stereocenters. The van der Waals surface area contributed by atoms with Crippen molar-refractivity contribution in [3.63, 3.8) is 0 Å². The van der Waals surface area contributed by atoms with Crippen LogP contribution in [0.5, 0.6) is 0 Å². The lowest BCUT2D eigenvalue weighted by molar-refractivity contribution is -0.0982. The zero-order valence-corrected chi connectivity index (χ0v) is 18.3. The highest BCUT2D eigenvalue weighted by Gasteiger charge is 2.56. The van der Waals surface area contributed by atoms with Crippen LogP contribution in [-0.2, 0) is 23.8 Å². The smallest absolute Gasteiger partial charge is 0.444 e. The predicted molar refractivity (Wildman–Crippen MR) is 105 cm³/mol. The summed E-state index contributed by atoms with van der Waals surface area (Å²) in [5.41, 5.74) is -6.64. The van der Waals surface area contributed by atoms with E-state index >= 15 is 0 Å². The number of ether oxygens (including phenoxy) is 2. The van der Waals surface area contributed by atoms with Crippen molar-refractivity contribution in [2.75, 3.05) is 13.2 Å². The summed E-state index contributed by atoms with van der Waals surface area (Å²) in [5, 5.41) is 0. The van der Waals surface area contributed by atoms with Gasteiger partial charge in [-0.15, -0.1) is 0 Å². The van der Waals surface area contributed by atoms with Crippen LogP contribution in [0.15, 0.2) is 30.3 Å². The number of nitrogens with zero attached hydrogens (tertiary/aromatic N) is 1. The van der Waals surface area contributed by atoms with Crippen LogP contribution < -0.4 is 0 Å². The van der Waals surface area contributed by atoms with Crippen LogP contribution in [0.25, 0.3) is 0 Å². The Morgan fingerprint density at radius 3 is 2.42 bits per heavy atom. The molecule has 2 heterocycles. The number of amides is 1. The maximum absolute atomic E-state index is 13.0. The Kier molecular flexibility index (Phi) is 6.34. The molecule has 2 saturated heterocycles. The third-order valence-corrected chi connectivity index (χ3v) is 6.32. The first-order valence-corrected chi connectivity index (χ1v) is 11.3. The summed E-state index contributed by atoms with van der Waals surface area (Å²) in [6, 6.07) is 8.27. The molecule has 2 aliphatic rings. The molecule has 1 spiro atoms. The first-order chi connectivity index (χ1) is 14.2. The fourth-order valence-corrected chi connectivity index (χ4v) is 4.75. The topological polar surface area (TPSA) is 82.1 Å². The van der Waals surface area contributed by atoms with Gasteiger partial charge in [-0.05, 0) is 39.2 Å². The van der Waals surface area contributed by atoms with Crippen molar-refractivity contribution in [1.82, 2.24) is 4.90 Å². The number of likely N-dealkylation sites (tertiary alicyclic amines) is 1. The van der Waals surface area contributed by atoms with E-state index in [1.54, 1.807) is 51.1 Å². The maximum atomic E-state index is 13.0. The van der Waals surface area contributed by atoms with Crippen LogP contribution in [-0.4, -0.2) is 55.4 Å². The third kappa shape index (κ3) is 5.15. The minimum atomic E-state index is -5.76. The van der Waals surface area contributed by atoms with Gasteiger partial charge in [-0.2, -0.15) is 21.6 Å². The second-order valence-electron chi connectivity index (χ2n) is 8.79. The van der Waals surface area contributed by atoms with Gasteiger partial charge in [0.25, 0.3) is 0 Å². The molecule has 0 N–H and O–H groups in total. The zero-order chi connectivity index (χ0) is 23.1. The summed E-state index contributed by atoms with van der Waals surface area (Å²) >= 11 is 0. The highest BCUT2D eigenvalue weighted by atomic mass is 32.2. The van der Waals surface area contributed by atoms with E-state index < -0.39 is 45.1 Å². The van der Waals surface area contributed by atoms with Crippen molar-refractivity contribution in [3.05, 3.63) is 35.9 Å². The number of piperidine rings is 1. The molecule has 1 aromatic carbocycles. The van der Waals surface area contributed by atoms with Gasteiger partial charge in [0.1, 0.15) is 11.7 Å². The van der Waals surface area contributed by atoms with Crippen molar-refractivity contribution in [2.24, 2.45) is 0 Å². The average Bonchev–Trinajstić information content (AvgIpc) is 3.01. The number of alkyl halides is 3. The van der Waals surface area contributed by atoms with Gasteiger partial charge in [0.2, 0.25) is 0 Å². The molecule has 0 radical (unpaired) electrons. The zero-order valence-electron chi connectivity index (χ0n) is 17.5. The predicted octanol–water partition coefficient (Wildman–Crippen LogP) is 4.15. The number of hydrogen-bond donors (Lipinski definition) is 0. The fraction of sp³-hybridized carbons (Fsp3) is 0.650. The standard InChI is InChI=1S/C20H26F3NO6S/c1-18(2,3)29-17(25)24-11-7-10-19(16(24)14-8-5-4-6-9-14)12-15(13-28-19)30-31(26,27)20(21,22)23/h4-6,8-9,15-16H,7,10-13H2,1-3H3/t15-,16-,19+/m0/s1. The first-order valence-electron chi connectivity index (χ1n) is 9.92. The summed E-state index contributed by atoms with van der Waals surface area (Å²) in [7, 11) is -5.76. The lowest BCUT2D eigenvalue weighted by atomic mass is 9.78. The van der Waals surface area contributed by atoms with Gasteiger partial charge >= 0.3 is 21.7 Å². The molecular weight excluding hydrogens is 439 g/mol. The van der Waals surface area contributed by atoms with Gasteiger partial charge in [-0.25, -0.2) is 4.79 Å². The van der Waals surface area contributed by atoms with Gasteiger partial charge in [-0.1, -0.05) is 30.3 Å². The summed E-state index contributed by atoms with van der Waals surface area (Å²) in [4.78, 5) is 14.5. The van der Waals surface area contributed by atoms with E-state index in [2.05, 4.69) is 4.18 Å². The molecule has 1 aromatic rings. The summed E-state index contributed by atoms with van der Waals surface area (Å²) in [6.45, 7) is 5.24. The minimum absolute atomic E-state index is 0.110. The van der Waals surface area contributed by atoms with Crippen LogP contribution in [0.2, 0.25) is 0 Å². The van der Waals surface area contributed by atoms with Crippen LogP contribution in [0.3, 0.4) is 0 Å². The molecule has 0 bridgehead atoms. The second-order valence-corrected chi connectivity index (χ2v) is 10.4. The Morgan fingerprint density at radius 1 is 1.19 bits per heavy atom. The third-order valence-electron chi connectivity index (χ3n) is 5.23. The summed E-state index contributed by atoms with van der Waals surface area (Å²) in [6.07, 6.45) is -1.05. The number of carbonyl (C=O) groups is 1. The SMILES string of the molecule is CC(C)(C)OC(=O)N1CCC[C@@]2(C[C@H](OS(=O)(=O)C(F)(F)F)CO2)[C@@H]1c1ccccc1. The van der Waals surface area contributed by atoms with Gasteiger partial charge in [0, 0.05) is 13.0 Å². The molecule has 11 heteroatoms. The lowest BCUT2D eigenvalue weighted by Gasteiger charge is -2.47. The first kappa shape index (κ1) is 23.8. The molecule has 0 saturated carbocycles. The van der Waals surface area contributed by atoms with Gasteiger partial charge < -0.3 is 9.47 Å². The Morgan fingerprint density at radius 2 is 1.84 bits per heavy atom. The van der Waals surface area contributed by atoms with Crippen LogP contribution in [0.4, 0.5) is 18.0 Å². The quantitative estimate of drug-likeness (QED) is 0.493. The van der Waals surface area contributed by atoms with Crippen molar-refractivity contribution < 1.29 is 40.0 Å². The molecule has 0 aliphatic carbocycles. The van der Waals surface area contributed by atoms with Crippen molar-refractivity contribution in [1.29, 1.82) is 0 Å². The van der Waals surface area contributed by atoms with Crippen molar-refractivity contribution in [3.8, 4) is 0 Å². The Labute approximate surface area is 179 Å². The largest absolute Gasteiger partial charge is 0.523 e. The summed E-state index contributed by atoms with van der Waals surface area (Å²) < 4.78 is 77.1. The normalized spacial score (nSPS) is 27.5.